The van der Waals surface area contributed by atoms with Gasteiger partial charge in [0.2, 0.25) is 5.91 Å². The van der Waals surface area contributed by atoms with Crippen LogP contribution in [0.4, 0.5) is 0 Å². The Bertz CT molecular complexity index is 522. The number of amides is 1. The molecule has 1 heterocycles. The molecule has 0 spiro atoms. The maximum absolute atomic E-state index is 12.6. The number of carbonyl (C=O) groups is 1. The Hall–Kier alpha value is -1.35. The average molecular weight is 314 g/mol. The number of aryl methyl sites for hydroxylation is 1. The molecule has 1 aliphatic heterocycles. The van der Waals surface area contributed by atoms with E-state index in [4.69, 9.17) is 0 Å². The van der Waals surface area contributed by atoms with Crippen LogP contribution in [-0.2, 0) is 11.3 Å². The summed E-state index contributed by atoms with van der Waals surface area (Å²) in [6.07, 6.45) is 8.40. The third-order valence-electron chi connectivity index (χ3n) is 5.48. The van der Waals surface area contributed by atoms with Gasteiger partial charge in [-0.25, -0.2) is 0 Å². The van der Waals surface area contributed by atoms with E-state index >= 15 is 0 Å². The van der Waals surface area contributed by atoms with Crippen LogP contribution in [0.15, 0.2) is 24.3 Å². The first-order chi connectivity index (χ1) is 11.2. The predicted molar refractivity (Wildman–Crippen MR) is 94.2 cm³/mol. The van der Waals surface area contributed by atoms with E-state index in [-0.39, 0.29) is 5.92 Å². The van der Waals surface area contributed by atoms with E-state index in [1.165, 1.54) is 43.2 Å². The molecule has 3 heteroatoms. The molecule has 0 aromatic heterocycles. The summed E-state index contributed by atoms with van der Waals surface area (Å²) < 4.78 is 0. The number of piperidine rings is 1. The molecule has 1 saturated carbocycles. The van der Waals surface area contributed by atoms with Gasteiger partial charge in [-0.1, -0.05) is 43.5 Å². The molecule has 3 rings (SSSR count). The lowest BCUT2D eigenvalue weighted by atomic mass is 9.92. The van der Waals surface area contributed by atoms with Crippen molar-refractivity contribution in [3.05, 3.63) is 35.4 Å². The number of nitrogens with zero attached hydrogens (tertiary/aromatic N) is 1. The van der Waals surface area contributed by atoms with Crippen LogP contribution in [0.3, 0.4) is 0 Å². The molecule has 1 N–H and O–H groups in total. The maximum Gasteiger partial charge on any atom is 0.224 e. The third-order valence-corrected chi connectivity index (χ3v) is 5.48. The van der Waals surface area contributed by atoms with E-state index in [2.05, 4.69) is 41.4 Å². The molecule has 1 unspecified atom stereocenters. The fourth-order valence-electron chi connectivity index (χ4n) is 4.01. The van der Waals surface area contributed by atoms with Gasteiger partial charge in [0.05, 0.1) is 5.92 Å². The van der Waals surface area contributed by atoms with Crippen LogP contribution < -0.4 is 5.32 Å². The quantitative estimate of drug-likeness (QED) is 0.920. The predicted octanol–water partition coefficient (Wildman–Crippen LogP) is 3.66. The third kappa shape index (κ3) is 4.57. The highest BCUT2D eigenvalue weighted by atomic mass is 16.2. The summed E-state index contributed by atoms with van der Waals surface area (Å²) in [5, 5.41) is 3.32. The SMILES string of the molecule is Cc1ccccc1CN1CCCC(C(=O)NC2CCCCC2)C1. The number of nitrogens with one attached hydrogen (secondary N) is 1. The van der Waals surface area contributed by atoms with Gasteiger partial charge >= 0.3 is 0 Å². The van der Waals surface area contributed by atoms with Gasteiger partial charge in [-0.2, -0.15) is 0 Å². The van der Waals surface area contributed by atoms with Crippen molar-refractivity contribution < 1.29 is 4.79 Å². The smallest absolute Gasteiger partial charge is 0.224 e. The summed E-state index contributed by atoms with van der Waals surface area (Å²) in [5.74, 6) is 0.473. The minimum absolute atomic E-state index is 0.176. The highest BCUT2D eigenvalue weighted by Gasteiger charge is 2.27. The molecule has 0 radical (unpaired) electrons. The van der Waals surface area contributed by atoms with Gasteiger partial charge in [-0.05, 0) is 50.3 Å². The van der Waals surface area contributed by atoms with Gasteiger partial charge in [-0.3, -0.25) is 9.69 Å². The second-order valence-electron chi connectivity index (χ2n) is 7.34. The number of carbonyl (C=O) groups excluding carboxylic acids is 1. The minimum Gasteiger partial charge on any atom is -0.353 e. The summed E-state index contributed by atoms with van der Waals surface area (Å²) in [4.78, 5) is 15.0. The Kier molecular flexibility index (Phi) is 5.71. The minimum atomic E-state index is 0.176. The monoisotopic (exact) mass is 314 g/mol. The second-order valence-corrected chi connectivity index (χ2v) is 7.34. The van der Waals surface area contributed by atoms with Crippen LogP contribution in [0.25, 0.3) is 0 Å². The van der Waals surface area contributed by atoms with Gasteiger partial charge in [-0.15, -0.1) is 0 Å². The highest BCUT2D eigenvalue weighted by molar-refractivity contribution is 5.79. The fourth-order valence-corrected chi connectivity index (χ4v) is 4.01. The molecular formula is C20H30N2O. The van der Waals surface area contributed by atoms with Gasteiger partial charge in [0.25, 0.3) is 0 Å². The number of hydrogen-bond donors (Lipinski definition) is 1. The first-order valence-electron chi connectivity index (χ1n) is 9.29. The number of likely N-dealkylation sites (tertiary alicyclic amines) is 1. The van der Waals surface area contributed by atoms with Crippen LogP contribution >= 0.6 is 0 Å². The van der Waals surface area contributed by atoms with Gasteiger partial charge < -0.3 is 5.32 Å². The molecule has 126 valence electrons. The zero-order valence-corrected chi connectivity index (χ0v) is 14.4. The van der Waals surface area contributed by atoms with Crippen molar-refractivity contribution in [3.63, 3.8) is 0 Å². The lowest BCUT2D eigenvalue weighted by Gasteiger charge is -2.33. The standard InChI is InChI=1S/C20H30N2O/c1-16-8-5-6-9-17(16)14-22-13-7-10-18(15-22)20(23)21-19-11-3-2-4-12-19/h5-6,8-9,18-19H,2-4,7,10-15H2,1H3,(H,21,23). The zero-order chi connectivity index (χ0) is 16.1. The van der Waals surface area contributed by atoms with Crippen molar-refractivity contribution in [1.29, 1.82) is 0 Å². The Balaban J connectivity index is 1.53. The summed E-state index contributed by atoms with van der Waals surface area (Å²) in [6.45, 7) is 5.17. The molecule has 1 saturated heterocycles. The van der Waals surface area contributed by atoms with E-state index in [0.717, 1.165) is 32.5 Å². The molecule has 1 aromatic rings. The van der Waals surface area contributed by atoms with Crippen molar-refractivity contribution in [2.24, 2.45) is 5.92 Å². The van der Waals surface area contributed by atoms with Gasteiger partial charge in [0.15, 0.2) is 0 Å². The maximum atomic E-state index is 12.6. The summed E-state index contributed by atoms with van der Waals surface area (Å²) in [6, 6.07) is 9.02. The van der Waals surface area contributed by atoms with Gasteiger partial charge in [0, 0.05) is 19.1 Å². The molecule has 2 aliphatic rings. The fraction of sp³-hybridized carbons (Fsp3) is 0.650. The highest BCUT2D eigenvalue weighted by Crippen LogP contribution is 2.22. The molecule has 1 amide bonds. The lowest BCUT2D eigenvalue weighted by Crippen LogP contribution is -2.46. The van der Waals surface area contributed by atoms with E-state index in [1.807, 2.05) is 0 Å². The van der Waals surface area contributed by atoms with Crippen molar-refractivity contribution in [2.75, 3.05) is 13.1 Å². The van der Waals surface area contributed by atoms with Crippen LogP contribution in [0.1, 0.15) is 56.1 Å². The molecule has 1 atom stereocenters. The first-order valence-corrected chi connectivity index (χ1v) is 9.29. The summed E-state index contributed by atoms with van der Waals surface area (Å²) in [7, 11) is 0. The molecule has 1 aliphatic carbocycles. The van der Waals surface area contributed by atoms with Crippen molar-refractivity contribution in [1.82, 2.24) is 10.2 Å². The Morgan fingerprint density at radius 3 is 2.70 bits per heavy atom. The molecular weight excluding hydrogens is 284 g/mol. The first kappa shape index (κ1) is 16.5. The van der Waals surface area contributed by atoms with E-state index < -0.39 is 0 Å². The van der Waals surface area contributed by atoms with Crippen LogP contribution in [0.2, 0.25) is 0 Å². The van der Waals surface area contributed by atoms with Crippen LogP contribution in [-0.4, -0.2) is 29.9 Å². The summed E-state index contributed by atoms with van der Waals surface area (Å²) in [5.41, 5.74) is 2.74. The lowest BCUT2D eigenvalue weighted by molar-refractivity contribution is -0.127. The molecule has 23 heavy (non-hydrogen) atoms. The normalized spacial score (nSPS) is 23.6. The van der Waals surface area contributed by atoms with Gasteiger partial charge in [0.1, 0.15) is 0 Å². The second kappa shape index (κ2) is 7.96. The van der Waals surface area contributed by atoms with E-state index in [9.17, 15) is 4.79 Å². The zero-order valence-electron chi connectivity index (χ0n) is 14.4. The van der Waals surface area contributed by atoms with Crippen molar-refractivity contribution >= 4 is 5.91 Å². The van der Waals surface area contributed by atoms with Crippen molar-refractivity contribution in [2.45, 2.75) is 64.5 Å². The molecule has 0 bridgehead atoms. The Morgan fingerprint density at radius 2 is 1.91 bits per heavy atom. The number of hydrogen-bond acceptors (Lipinski definition) is 2. The molecule has 1 aromatic carbocycles. The Morgan fingerprint density at radius 1 is 1.13 bits per heavy atom. The van der Waals surface area contributed by atoms with Crippen LogP contribution in [0.5, 0.6) is 0 Å². The largest absolute Gasteiger partial charge is 0.353 e. The van der Waals surface area contributed by atoms with Crippen molar-refractivity contribution in [3.8, 4) is 0 Å². The number of benzene rings is 1. The molecule has 3 nitrogen and oxygen atoms in total. The summed E-state index contributed by atoms with van der Waals surface area (Å²) >= 11 is 0. The van der Waals surface area contributed by atoms with E-state index in [0.29, 0.717) is 11.9 Å². The number of rotatable bonds is 4. The van der Waals surface area contributed by atoms with E-state index in [1.54, 1.807) is 0 Å². The Labute approximate surface area is 140 Å². The average Bonchev–Trinajstić information content (AvgIpc) is 2.58. The van der Waals surface area contributed by atoms with Crippen LogP contribution in [0, 0.1) is 12.8 Å². The molecule has 2 fully saturated rings. The topological polar surface area (TPSA) is 32.3 Å².